The van der Waals surface area contributed by atoms with Gasteiger partial charge in [0.25, 0.3) is 0 Å². The first-order valence-corrected chi connectivity index (χ1v) is 4.22. The molecule has 0 heterocycles. The van der Waals surface area contributed by atoms with E-state index in [2.05, 4.69) is 4.99 Å². The van der Waals surface area contributed by atoms with Crippen LogP contribution < -0.4 is 0 Å². The van der Waals surface area contributed by atoms with E-state index in [0.717, 1.165) is 0 Å². The molecule has 0 atom stereocenters. The van der Waals surface area contributed by atoms with Crippen LogP contribution in [0, 0.1) is 0 Å². The standard InChI is InChI=1S/C8H4Cl2F3N/c9-5-1-3-6(4-2-5)14-7(10)8(11,12)13/h1-4H. The number of alkyl halides is 3. The van der Waals surface area contributed by atoms with E-state index in [4.69, 9.17) is 23.2 Å². The minimum absolute atomic E-state index is 0.108. The zero-order chi connectivity index (χ0) is 10.8. The van der Waals surface area contributed by atoms with E-state index in [1.54, 1.807) is 0 Å². The molecule has 0 amide bonds. The Balaban J connectivity index is 2.93. The molecule has 0 unspecified atom stereocenters. The van der Waals surface area contributed by atoms with Crippen LogP contribution in [0.1, 0.15) is 0 Å². The molecule has 0 aliphatic heterocycles. The van der Waals surface area contributed by atoms with Gasteiger partial charge in [0.2, 0.25) is 5.17 Å². The van der Waals surface area contributed by atoms with Gasteiger partial charge in [-0.05, 0) is 24.3 Å². The number of hydrogen-bond acceptors (Lipinski definition) is 1. The third-order valence-corrected chi connectivity index (χ3v) is 1.84. The molecule has 0 aromatic heterocycles. The van der Waals surface area contributed by atoms with Crippen molar-refractivity contribution in [2.24, 2.45) is 4.99 Å². The molecule has 6 heteroatoms. The van der Waals surface area contributed by atoms with Crippen LogP contribution >= 0.6 is 23.2 Å². The van der Waals surface area contributed by atoms with Crippen LogP contribution in [0.2, 0.25) is 5.02 Å². The second-order valence-electron chi connectivity index (χ2n) is 2.38. The Hall–Kier alpha value is -0.740. The summed E-state index contributed by atoms with van der Waals surface area (Å²) in [5.41, 5.74) is 0.108. The minimum atomic E-state index is -4.61. The average Bonchev–Trinajstić information content (AvgIpc) is 2.07. The Labute approximate surface area is 88.2 Å². The maximum absolute atomic E-state index is 11.9. The SMILES string of the molecule is FC(F)(F)C(Cl)=Nc1ccc(Cl)cc1. The van der Waals surface area contributed by atoms with Crippen LogP contribution in [0.5, 0.6) is 0 Å². The third-order valence-electron chi connectivity index (χ3n) is 1.29. The average molecular weight is 242 g/mol. The number of halogens is 5. The van der Waals surface area contributed by atoms with Crippen molar-refractivity contribution in [3.05, 3.63) is 29.3 Å². The van der Waals surface area contributed by atoms with Gasteiger partial charge in [-0.1, -0.05) is 23.2 Å². The molecule has 0 fully saturated rings. The number of hydrogen-bond donors (Lipinski definition) is 0. The molecular weight excluding hydrogens is 238 g/mol. The van der Waals surface area contributed by atoms with Crippen molar-refractivity contribution in [3.8, 4) is 0 Å². The van der Waals surface area contributed by atoms with Crippen molar-refractivity contribution < 1.29 is 13.2 Å². The summed E-state index contributed by atoms with van der Waals surface area (Å²) in [6.07, 6.45) is -4.61. The molecule has 1 rings (SSSR count). The molecule has 1 aromatic carbocycles. The largest absolute Gasteiger partial charge is 0.444 e. The Morgan fingerprint density at radius 3 is 2.07 bits per heavy atom. The summed E-state index contributed by atoms with van der Waals surface area (Å²) >= 11 is 10.5. The number of benzene rings is 1. The summed E-state index contributed by atoms with van der Waals surface area (Å²) in [6, 6.07) is 5.55. The van der Waals surface area contributed by atoms with E-state index in [1.165, 1.54) is 24.3 Å². The van der Waals surface area contributed by atoms with Gasteiger partial charge in [-0.25, -0.2) is 4.99 Å². The predicted octanol–water partition coefficient (Wildman–Crippen LogP) is 4.17. The van der Waals surface area contributed by atoms with E-state index >= 15 is 0 Å². The Bertz CT molecular complexity index is 343. The lowest BCUT2D eigenvalue weighted by Crippen LogP contribution is -2.16. The fourth-order valence-electron chi connectivity index (χ4n) is 0.692. The van der Waals surface area contributed by atoms with Crippen LogP contribution in [0.3, 0.4) is 0 Å². The van der Waals surface area contributed by atoms with Crippen LogP contribution in [0.15, 0.2) is 29.3 Å². The fraction of sp³-hybridized carbons (Fsp3) is 0.125. The van der Waals surface area contributed by atoms with Crippen molar-refractivity contribution in [3.63, 3.8) is 0 Å². The van der Waals surface area contributed by atoms with Crippen molar-refractivity contribution >= 4 is 34.1 Å². The van der Waals surface area contributed by atoms with Crippen molar-refractivity contribution in [2.75, 3.05) is 0 Å². The van der Waals surface area contributed by atoms with Crippen LogP contribution in [-0.4, -0.2) is 11.3 Å². The highest BCUT2D eigenvalue weighted by atomic mass is 35.5. The molecule has 0 radical (unpaired) electrons. The molecule has 0 spiro atoms. The van der Waals surface area contributed by atoms with Crippen LogP contribution in [-0.2, 0) is 0 Å². The van der Waals surface area contributed by atoms with E-state index in [1.807, 2.05) is 0 Å². The lowest BCUT2D eigenvalue weighted by molar-refractivity contribution is -0.0558. The molecule has 1 aromatic rings. The monoisotopic (exact) mass is 241 g/mol. The van der Waals surface area contributed by atoms with E-state index in [-0.39, 0.29) is 5.69 Å². The number of aliphatic imine (C=N–C) groups is 1. The smallest absolute Gasteiger partial charge is 0.232 e. The molecule has 0 aliphatic carbocycles. The van der Waals surface area contributed by atoms with Crippen LogP contribution in [0.25, 0.3) is 0 Å². The first-order chi connectivity index (χ1) is 6.39. The first kappa shape index (κ1) is 11.3. The second-order valence-corrected chi connectivity index (χ2v) is 3.17. The van der Waals surface area contributed by atoms with E-state index in [0.29, 0.717) is 5.02 Å². The maximum Gasteiger partial charge on any atom is 0.444 e. The molecule has 0 N–H and O–H groups in total. The minimum Gasteiger partial charge on any atom is -0.232 e. The van der Waals surface area contributed by atoms with Crippen molar-refractivity contribution in [1.29, 1.82) is 0 Å². The zero-order valence-corrected chi connectivity index (χ0v) is 8.16. The Morgan fingerprint density at radius 1 is 1.14 bits per heavy atom. The summed E-state index contributed by atoms with van der Waals surface area (Å²) in [5, 5.41) is -0.980. The number of nitrogens with zero attached hydrogens (tertiary/aromatic N) is 1. The molecule has 1 nitrogen and oxygen atoms in total. The molecule has 14 heavy (non-hydrogen) atoms. The van der Waals surface area contributed by atoms with Crippen molar-refractivity contribution in [1.82, 2.24) is 0 Å². The van der Waals surface area contributed by atoms with E-state index in [9.17, 15) is 13.2 Å². The van der Waals surface area contributed by atoms with Gasteiger partial charge in [0.1, 0.15) is 0 Å². The van der Waals surface area contributed by atoms with Gasteiger partial charge in [-0.2, -0.15) is 13.2 Å². The fourth-order valence-corrected chi connectivity index (χ4v) is 0.916. The molecule has 0 bridgehead atoms. The van der Waals surface area contributed by atoms with Gasteiger partial charge in [-0.15, -0.1) is 0 Å². The highest BCUT2D eigenvalue weighted by Gasteiger charge is 2.34. The van der Waals surface area contributed by atoms with Gasteiger partial charge in [0.15, 0.2) is 0 Å². The summed E-state index contributed by atoms with van der Waals surface area (Å²) < 4.78 is 35.8. The second kappa shape index (κ2) is 4.19. The maximum atomic E-state index is 11.9. The number of rotatable bonds is 1. The third kappa shape index (κ3) is 3.20. The summed E-state index contributed by atoms with van der Waals surface area (Å²) in [7, 11) is 0. The first-order valence-electron chi connectivity index (χ1n) is 3.46. The van der Waals surface area contributed by atoms with E-state index < -0.39 is 11.3 Å². The molecular formula is C8H4Cl2F3N. The highest BCUT2D eigenvalue weighted by Crippen LogP contribution is 2.24. The van der Waals surface area contributed by atoms with Crippen LogP contribution in [0.4, 0.5) is 18.9 Å². The quantitative estimate of drug-likeness (QED) is 0.655. The predicted molar refractivity (Wildman–Crippen MR) is 50.5 cm³/mol. The van der Waals surface area contributed by atoms with Gasteiger partial charge in [-0.3, -0.25) is 0 Å². The molecule has 76 valence electrons. The molecule has 0 saturated heterocycles. The topological polar surface area (TPSA) is 12.4 Å². The molecule has 0 saturated carbocycles. The van der Waals surface area contributed by atoms with Crippen molar-refractivity contribution in [2.45, 2.75) is 6.18 Å². The lowest BCUT2D eigenvalue weighted by Gasteiger charge is -2.02. The van der Waals surface area contributed by atoms with Gasteiger partial charge >= 0.3 is 6.18 Å². The normalized spacial score (nSPS) is 13.1. The molecule has 0 aliphatic rings. The Morgan fingerprint density at radius 2 is 1.64 bits per heavy atom. The summed E-state index contributed by atoms with van der Waals surface area (Å²) in [4.78, 5) is 3.17. The highest BCUT2D eigenvalue weighted by molar-refractivity contribution is 6.67. The van der Waals surface area contributed by atoms with Gasteiger partial charge < -0.3 is 0 Å². The zero-order valence-electron chi connectivity index (χ0n) is 6.65. The van der Waals surface area contributed by atoms with Gasteiger partial charge in [0.05, 0.1) is 5.69 Å². The summed E-state index contributed by atoms with van der Waals surface area (Å²) in [6.45, 7) is 0. The lowest BCUT2D eigenvalue weighted by atomic mass is 10.3. The summed E-state index contributed by atoms with van der Waals surface area (Å²) in [5.74, 6) is 0. The van der Waals surface area contributed by atoms with Gasteiger partial charge in [0, 0.05) is 5.02 Å². The Kier molecular flexibility index (Phi) is 3.39.